The fourth-order valence-corrected chi connectivity index (χ4v) is 5.23. The molecule has 0 radical (unpaired) electrons. The van der Waals surface area contributed by atoms with Gasteiger partial charge < -0.3 is 26.2 Å². The molecule has 1 aliphatic heterocycles. The molecule has 1 saturated carbocycles. The Kier molecular flexibility index (Phi) is 9.04. The van der Waals surface area contributed by atoms with Gasteiger partial charge in [0, 0.05) is 51.0 Å². The number of nitrogens with two attached hydrogens (primary N) is 2. The summed E-state index contributed by atoms with van der Waals surface area (Å²) in [4.78, 5) is 47.5. The summed E-state index contributed by atoms with van der Waals surface area (Å²) in [5.41, 5.74) is 12.4. The van der Waals surface area contributed by atoms with Crippen LogP contribution in [0.25, 0.3) is 5.69 Å². The monoisotopic (exact) mass is 538 g/mol. The van der Waals surface area contributed by atoms with Gasteiger partial charge in [0.2, 0.25) is 5.91 Å². The lowest BCUT2D eigenvalue weighted by atomic mass is 9.91. The lowest BCUT2D eigenvalue weighted by Crippen LogP contribution is -2.58. The molecule has 2 heterocycles. The summed E-state index contributed by atoms with van der Waals surface area (Å²) >= 11 is 0. The summed E-state index contributed by atoms with van der Waals surface area (Å²) in [6, 6.07) is 10.1. The molecule has 2 aromatic rings. The van der Waals surface area contributed by atoms with Gasteiger partial charge in [-0.2, -0.15) is 4.98 Å². The van der Waals surface area contributed by atoms with E-state index < -0.39 is 11.2 Å². The van der Waals surface area contributed by atoms with Gasteiger partial charge in [0.15, 0.2) is 0 Å². The number of anilines is 1. The van der Waals surface area contributed by atoms with Crippen molar-refractivity contribution in [3.63, 3.8) is 0 Å². The summed E-state index contributed by atoms with van der Waals surface area (Å²) in [5.74, 6) is 0.0458. The van der Waals surface area contributed by atoms with E-state index in [1.165, 1.54) is 10.1 Å². The molecule has 1 saturated heterocycles. The van der Waals surface area contributed by atoms with E-state index in [1.54, 1.807) is 35.9 Å². The molecule has 11 heteroatoms. The summed E-state index contributed by atoms with van der Waals surface area (Å²) < 4.78 is 1.45. The van der Waals surface area contributed by atoms with Crippen molar-refractivity contribution in [2.24, 2.45) is 11.5 Å². The maximum absolute atomic E-state index is 12.7. The van der Waals surface area contributed by atoms with Crippen LogP contribution in [0.4, 0.5) is 10.6 Å². The fraction of sp³-hybridized carbons (Fsp3) is 0.571. The second-order valence-corrected chi connectivity index (χ2v) is 11.4. The number of hydrogen-bond donors (Lipinski definition) is 3. The van der Waals surface area contributed by atoms with Crippen molar-refractivity contribution < 1.29 is 9.59 Å². The summed E-state index contributed by atoms with van der Waals surface area (Å²) in [5, 5.41) is 2.69. The second kappa shape index (κ2) is 12.3. The largest absolute Gasteiger partial charge is 0.354 e. The molecule has 2 fully saturated rings. The molecule has 1 aliphatic carbocycles. The first-order chi connectivity index (χ1) is 18.5. The lowest BCUT2D eigenvalue weighted by molar-refractivity contribution is -0.137. The maximum atomic E-state index is 12.7. The molecule has 212 valence electrons. The average molecular weight is 539 g/mol. The Morgan fingerprint density at radius 2 is 1.64 bits per heavy atom. The van der Waals surface area contributed by atoms with Gasteiger partial charge in [0.05, 0.1) is 11.2 Å². The zero-order valence-corrected chi connectivity index (χ0v) is 23.3. The van der Waals surface area contributed by atoms with Gasteiger partial charge >= 0.3 is 11.7 Å². The molecule has 0 bridgehead atoms. The molecular weight excluding hydrogens is 496 g/mol. The Morgan fingerprint density at radius 3 is 2.23 bits per heavy atom. The number of likely N-dealkylation sites (N-methyl/N-ethyl adjacent to an activating group) is 1. The van der Waals surface area contributed by atoms with Crippen molar-refractivity contribution in [1.29, 1.82) is 0 Å². The number of amides is 3. The van der Waals surface area contributed by atoms with Crippen LogP contribution in [0.2, 0.25) is 0 Å². The number of carbonyl (C=O) groups excluding carboxylic acids is 2. The maximum Gasteiger partial charge on any atom is 0.354 e. The minimum atomic E-state index is -0.945. The van der Waals surface area contributed by atoms with Crippen molar-refractivity contribution in [1.82, 2.24) is 24.3 Å². The number of benzene rings is 1. The van der Waals surface area contributed by atoms with E-state index in [1.807, 2.05) is 24.3 Å². The van der Waals surface area contributed by atoms with Gasteiger partial charge in [0.25, 0.3) is 0 Å². The molecule has 2 aliphatic rings. The zero-order chi connectivity index (χ0) is 28.2. The van der Waals surface area contributed by atoms with Gasteiger partial charge in [-0.15, -0.1) is 0 Å². The summed E-state index contributed by atoms with van der Waals surface area (Å²) in [7, 11) is 2.19. The van der Waals surface area contributed by atoms with E-state index in [9.17, 15) is 14.4 Å². The lowest BCUT2D eigenvalue weighted by Gasteiger charge is -2.37. The topological polar surface area (TPSA) is 143 Å². The summed E-state index contributed by atoms with van der Waals surface area (Å²) in [6.45, 7) is 5.89. The molecule has 39 heavy (non-hydrogen) atoms. The van der Waals surface area contributed by atoms with Gasteiger partial charge in [-0.3, -0.25) is 14.7 Å². The zero-order valence-electron chi connectivity index (χ0n) is 23.3. The molecule has 5 N–H and O–H groups in total. The van der Waals surface area contributed by atoms with Crippen LogP contribution >= 0.6 is 0 Å². The van der Waals surface area contributed by atoms with E-state index in [0.29, 0.717) is 44.0 Å². The van der Waals surface area contributed by atoms with Gasteiger partial charge in [-0.05, 0) is 76.8 Å². The van der Waals surface area contributed by atoms with Crippen LogP contribution < -0.4 is 22.5 Å². The van der Waals surface area contributed by atoms with Crippen molar-refractivity contribution in [3.05, 3.63) is 52.6 Å². The van der Waals surface area contributed by atoms with Gasteiger partial charge in [0.1, 0.15) is 5.82 Å². The van der Waals surface area contributed by atoms with Crippen LogP contribution in [0, 0.1) is 0 Å². The average Bonchev–Trinajstić information content (AvgIpc) is 2.92. The number of piperazine rings is 1. The van der Waals surface area contributed by atoms with Crippen LogP contribution in [0.3, 0.4) is 0 Å². The smallest absolute Gasteiger partial charge is 0.338 e. The van der Waals surface area contributed by atoms with Crippen molar-refractivity contribution >= 4 is 17.8 Å². The molecule has 1 aromatic carbocycles. The third kappa shape index (κ3) is 7.43. The van der Waals surface area contributed by atoms with Crippen molar-refractivity contribution in [2.75, 3.05) is 45.1 Å². The standard InChI is InChI=1S/C28H42N8O3/c1-28(2,30)25(37)34-16-18-35(19-17-34)26(38)31-24-13-15-36(27(39)32-24)23-8-4-20(5-9-23)12-14-33(3)22-10-6-21(29)7-11-22/h4-5,8-9,13,15,21-22H,6-7,10-12,14,16-19,29-30H2,1-3H3,(H,31,32,38,39)/t21-,22+. The number of urea groups is 1. The van der Waals surface area contributed by atoms with E-state index in [0.717, 1.165) is 38.6 Å². The first kappa shape index (κ1) is 28.7. The molecule has 3 amide bonds. The molecule has 4 rings (SSSR count). The first-order valence-electron chi connectivity index (χ1n) is 13.8. The first-order valence-corrected chi connectivity index (χ1v) is 13.8. The van der Waals surface area contributed by atoms with E-state index in [2.05, 4.69) is 22.2 Å². The van der Waals surface area contributed by atoms with E-state index in [-0.39, 0.29) is 17.8 Å². The minimum Gasteiger partial charge on any atom is -0.338 e. The molecule has 11 nitrogen and oxygen atoms in total. The Bertz CT molecular complexity index is 1190. The number of rotatable bonds is 7. The van der Waals surface area contributed by atoms with Crippen molar-refractivity contribution in [2.45, 2.75) is 63.6 Å². The van der Waals surface area contributed by atoms with Crippen LogP contribution in [0.15, 0.2) is 41.3 Å². The normalized spacial score (nSPS) is 20.3. The van der Waals surface area contributed by atoms with E-state index in [4.69, 9.17) is 11.5 Å². The van der Waals surface area contributed by atoms with Crippen LogP contribution in [-0.2, 0) is 11.2 Å². The highest BCUT2D eigenvalue weighted by molar-refractivity contribution is 5.89. The number of nitrogens with one attached hydrogen (secondary N) is 1. The van der Waals surface area contributed by atoms with Crippen LogP contribution in [0.1, 0.15) is 45.1 Å². The van der Waals surface area contributed by atoms with Gasteiger partial charge in [-0.1, -0.05) is 12.1 Å². The Morgan fingerprint density at radius 1 is 1.03 bits per heavy atom. The van der Waals surface area contributed by atoms with Crippen LogP contribution in [0.5, 0.6) is 0 Å². The van der Waals surface area contributed by atoms with Gasteiger partial charge in [-0.25, -0.2) is 9.59 Å². The molecular formula is C28H42N8O3. The summed E-state index contributed by atoms with van der Waals surface area (Å²) in [6.07, 6.45) is 7.07. The third-order valence-electron chi connectivity index (χ3n) is 7.78. The fourth-order valence-electron chi connectivity index (χ4n) is 5.23. The number of aromatic nitrogens is 2. The highest BCUT2D eigenvalue weighted by Crippen LogP contribution is 2.21. The molecule has 0 unspecified atom stereocenters. The number of carbonyl (C=O) groups is 2. The predicted octanol–water partition coefficient (Wildman–Crippen LogP) is 1.39. The van der Waals surface area contributed by atoms with Crippen LogP contribution in [-0.4, -0.2) is 93.6 Å². The third-order valence-corrected chi connectivity index (χ3v) is 7.78. The highest BCUT2D eigenvalue weighted by Gasteiger charge is 2.31. The highest BCUT2D eigenvalue weighted by atomic mass is 16.2. The molecule has 1 aromatic heterocycles. The Labute approximate surface area is 230 Å². The molecule has 0 spiro atoms. The minimum absolute atomic E-state index is 0.141. The predicted molar refractivity (Wildman–Crippen MR) is 152 cm³/mol. The number of nitrogens with zero attached hydrogens (tertiary/aromatic N) is 5. The van der Waals surface area contributed by atoms with Crippen molar-refractivity contribution in [3.8, 4) is 5.69 Å². The molecule has 0 atom stereocenters. The quantitative estimate of drug-likeness (QED) is 0.483. The SMILES string of the molecule is CN(CCc1ccc(-n2ccc(NC(=O)N3CCN(C(=O)C(C)(C)N)CC3)nc2=O)cc1)[C@H]1CC[C@@H](N)CC1. The second-order valence-electron chi connectivity index (χ2n) is 11.4. The Balaban J connectivity index is 1.28. The number of hydrogen-bond acceptors (Lipinski definition) is 7. The van der Waals surface area contributed by atoms with E-state index >= 15 is 0 Å². The Hall–Kier alpha value is -3.28.